The van der Waals surface area contributed by atoms with E-state index in [1.807, 2.05) is 13.8 Å². The predicted molar refractivity (Wildman–Crippen MR) is 68.7 cm³/mol. The summed E-state index contributed by atoms with van der Waals surface area (Å²) in [5, 5.41) is 0.213. The van der Waals surface area contributed by atoms with Crippen LogP contribution >= 0.6 is 11.6 Å². The number of hydrogen-bond donors (Lipinski definition) is 0. The fourth-order valence-corrected chi connectivity index (χ4v) is 1.49. The summed E-state index contributed by atoms with van der Waals surface area (Å²) in [4.78, 5) is 0. The van der Waals surface area contributed by atoms with Gasteiger partial charge in [0.05, 0.1) is 12.1 Å². The largest absolute Gasteiger partial charge is 0.496 e. The molecule has 0 aliphatic carbocycles. The van der Waals surface area contributed by atoms with Gasteiger partial charge in [-0.25, -0.2) is 4.39 Å². The van der Waals surface area contributed by atoms with Crippen molar-refractivity contribution in [1.29, 1.82) is 0 Å². The Labute approximate surface area is 107 Å². The van der Waals surface area contributed by atoms with Crippen LogP contribution in [0.4, 0.5) is 4.39 Å². The fraction of sp³-hybridized carbons (Fsp3) is 0.455. The van der Waals surface area contributed by atoms with Gasteiger partial charge in [-0.05, 0) is 6.07 Å². The molecule has 0 bridgehead atoms. The predicted octanol–water partition coefficient (Wildman–Crippen LogP) is 2.50. The minimum absolute atomic E-state index is 0.00623. The summed E-state index contributed by atoms with van der Waals surface area (Å²) < 4.78 is 28.5. The van der Waals surface area contributed by atoms with E-state index in [1.54, 1.807) is 0 Å². The molecule has 1 aromatic carbocycles. The van der Waals surface area contributed by atoms with Crippen LogP contribution in [0.25, 0.3) is 0 Å². The molecule has 0 amide bonds. The van der Waals surface area contributed by atoms with Crippen LogP contribution in [0, 0.1) is 5.82 Å². The van der Waals surface area contributed by atoms with Gasteiger partial charge in [0.2, 0.25) is 0 Å². The molecule has 0 saturated carbocycles. The molecule has 3 nitrogen and oxygen atoms in total. The maximum atomic E-state index is 13.8. The molecule has 17 heavy (non-hydrogen) atoms. The molecule has 0 heterocycles. The normalized spacial score (nSPS) is 9.35. The van der Waals surface area contributed by atoms with Crippen LogP contribution in [0.15, 0.2) is 12.1 Å². The van der Waals surface area contributed by atoms with Gasteiger partial charge in [-0.3, -0.25) is 0 Å². The first kappa shape index (κ1) is 16.2. The van der Waals surface area contributed by atoms with Crippen LogP contribution in [0.1, 0.15) is 13.8 Å². The lowest BCUT2D eigenvalue weighted by atomic mass is 9.78. The maximum absolute atomic E-state index is 13.8. The fourth-order valence-electron chi connectivity index (χ4n) is 1.27. The van der Waals surface area contributed by atoms with E-state index in [0.717, 1.165) is 0 Å². The third kappa shape index (κ3) is 3.87. The maximum Gasteiger partial charge on any atom is 0.496 e. The minimum atomic E-state index is -0.767. The third-order valence-corrected chi connectivity index (χ3v) is 2.26. The highest BCUT2D eigenvalue weighted by Crippen LogP contribution is 2.25. The first-order valence-electron chi connectivity index (χ1n) is 5.23. The summed E-state index contributed by atoms with van der Waals surface area (Å²) in [6.45, 7) is 4.00. The van der Waals surface area contributed by atoms with Crippen molar-refractivity contribution < 1.29 is 18.4 Å². The van der Waals surface area contributed by atoms with Crippen LogP contribution < -0.4 is 10.2 Å². The molecule has 0 spiro atoms. The van der Waals surface area contributed by atoms with Crippen molar-refractivity contribution in [2.75, 3.05) is 21.3 Å². The molecule has 0 radical (unpaired) electrons. The Morgan fingerprint density at radius 1 is 1.12 bits per heavy atom. The van der Waals surface area contributed by atoms with Crippen LogP contribution in [0.3, 0.4) is 0 Å². The average Bonchev–Trinajstić information content (AvgIpc) is 2.36. The van der Waals surface area contributed by atoms with Crippen molar-refractivity contribution in [3.63, 3.8) is 0 Å². The highest BCUT2D eigenvalue weighted by atomic mass is 35.5. The zero-order valence-corrected chi connectivity index (χ0v) is 11.5. The zero-order chi connectivity index (χ0) is 13.4. The standard InChI is InChI=1S/C9H11BClFO3.C2H6/c1-13-9-7(11)5-4-6(8(9)12)10(14-2)15-3;1-2/h4-5H,1-3H3;1-2H3. The van der Waals surface area contributed by atoms with Gasteiger partial charge in [0.15, 0.2) is 11.6 Å². The summed E-state index contributed by atoms with van der Waals surface area (Å²) in [6.07, 6.45) is 0. The molecule has 1 aromatic rings. The molecule has 6 heteroatoms. The first-order chi connectivity index (χ1) is 8.15. The van der Waals surface area contributed by atoms with Gasteiger partial charge < -0.3 is 14.0 Å². The Morgan fingerprint density at radius 3 is 2.06 bits per heavy atom. The van der Waals surface area contributed by atoms with E-state index in [0.29, 0.717) is 0 Å². The van der Waals surface area contributed by atoms with Gasteiger partial charge in [-0.2, -0.15) is 0 Å². The second-order valence-corrected chi connectivity index (χ2v) is 3.19. The quantitative estimate of drug-likeness (QED) is 0.780. The Morgan fingerprint density at radius 2 is 1.65 bits per heavy atom. The molecule has 0 fully saturated rings. The molecule has 0 unspecified atom stereocenters. The number of benzene rings is 1. The van der Waals surface area contributed by atoms with Crippen molar-refractivity contribution >= 4 is 24.2 Å². The molecule has 0 atom stereocenters. The first-order valence-corrected chi connectivity index (χ1v) is 5.61. The van der Waals surface area contributed by atoms with E-state index in [9.17, 15) is 4.39 Å². The molecule has 0 aliphatic rings. The van der Waals surface area contributed by atoms with E-state index in [-0.39, 0.29) is 16.2 Å². The van der Waals surface area contributed by atoms with Crippen LogP contribution in [0.5, 0.6) is 5.75 Å². The molecular weight excluding hydrogens is 245 g/mol. The van der Waals surface area contributed by atoms with Crippen molar-refractivity contribution in [2.45, 2.75) is 13.8 Å². The lowest BCUT2D eigenvalue weighted by Crippen LogP contribution is -2.37. The number of rotatable bonds is 4. The second kappa shape index (κ2) is 8.34. The molecule has 0 aromatic heterocycles. The number of methoxy groups -OCH3 is 1. The summed E-state index contributed by atoms with van der Waals surface area (Å²) in [6, 6.07) is 3.03. The van der Waals surface area contributed by atoms with Gasteiger partial charge >= 0.3 is 7.12 Å². The number of halogens is 2. The van der Waals surface area contributed by atoms with Gasteiger partial charge in [0.25, 0.3) is 0 Å². The van der Waals surface area contributed by atoms with E-state index < -0.39 is 12.9 Å². The van der Waals surface area contributed by atoms with Gasteiger partial charge in [0, 0.05) is 19.7 Å². The van der Waals surface area contributed by atoms with Gasteiger partial charge in [0.1, 0.15) is 0 Å². The molecule has 1 rings (SSSR count). The van der Waals surface area contributed by atoms with Gasteiger partial charge in [-0.1, -0.05) is 31.5 Å². The van der Waals surface area contributed by atoms with E-state index in [4.69, 9.17) is 25.6 Å². The Hall–Kier alpha value is -0.775. The summed E-state index contributed by atoms with van der Waals surface area (Å²) in [5.74, 6) is -0.577. The second-order valence-electron chi connectivity index (χ2n) is 2.79. The van der Waals surface area contributed by atoms with Crippen LogP contribution in [-0.4, -0.2) is 28.4 Å². The SMILES string of the molecule is CC.COB(OC)c1ccc(Cl)c(OC)c1F. The molecule has 0 N–H and O–H groups in total. The van der Waals surface area contributed by atoms with E-state index >= 15 is 0 Å². The summed E-state index contributed by atoms with van der Waals surface area (Å²) >= 11 is 5.75. The molecule has 0 saturated heterocycles. The smallest absolute Gasteiger partial charge is 0.492 e. The highest BCUT2D eigenvalue weighted by Gasteiger charge is 2.25. The van der Waals surface area contributed by atoms with Crippen molar-refractivity contribution in [1.82, 2.24) is 0 Å². The minimum Gasteiger partial charge on any atom is -0.492 e. The van der Waals surface area contributed by atoms with Crippen molar-refractivity contribution in [2.24, 2.45) is 0 Å². The lowest BCUT2D eigenvalue weighted by molar-refractivity contribution is 0.290. The summed E-state index contributed by atoms with van der Waals surface area (Å²) in [7, 11) is 3.43. The Kier molecular flexibility index (Phi) is 7.96. The highest BCUT2D eigenvalue weighted by molar-refractivity contribution is 6.61. The van der Waals surface area contributed by atoms with Crippen LogP contribution in [0.2, 0.25) is 5.02 Å². The van der Waals surface area contributed by atoms with Crippen molar-refractivity contribution in [3.05, 3.63) is 23.0 Å². The van der Waals surface area contributed by atoms with Gasteiger partial charge in [-0.15, -0.1) is 0 Å². The zero-order valence-electron chi connectivity index (χ0n) is 10.7. The lowest BCUT2D eigenvalue weighted by Gasteiger charge is -2.12. The van der Waals surface area contributed by atoms with E-state index in [2.05, 4.69) is 0 Å². The molecular formula is C11H17BClFO3. The molecule has 0 aliphatic heterocycles. The monoisotopic (exact) mass is 262 g/mol. The van der Waals surface area contributed by atoms with E-state index in [1.165, 1.54) is 33.5 Å². The topological polar surface area (TPSA) is 27.7 Å². The number of ether oxygens (including phenoxy) is 1. The van der Waals surface area contributed by atoms with Crippen LogP contribution in [-0.2, 0) is 9.31 Å². The summed E-state index contributed by atoms with van der Waals surface area (Å²) in [5.41, 5.74) is 0.251. The molecule has 96 valence electrons. The average molecular weight is 263 g/mol. The number of hydrogen-bond acceptors (Lipinski definition) is 3. The van der Waals surface area contributed by atoms with Crippen molar-refractivity contribution in [3.8, 4) is 5.75 Å². The Balaban J connectivity index is 0.00000121. The third-order valence-electron chi connectivity index (χ3n) is 1.97. The Bertz CT molecular complexity index is 346.